The Morgan fingerprint density at radius 1 is 1.29 bits per heavy atom. The number of anilines is 1. The first-order chi connectivity index (χ1) is 11.7. The van der Waals surface area contributed by atoms with Gasteiger partial charge >= 0.3 is 0 Å². The smallest absolute Gasteiger partial charge is 0.251 e. The van der Waals surface area contributed by atoms with E-state index in [1.165, 1.54) is 0 Å². The van der Waals surface area contributed by atoms with Gasteiger partial charge in [-0.25, -0.2) is 9.97 Å². The summed E-state index contributed by atoms with van der Waals surface area (Å²) < 4.78 is 5.38. The molecule has 1 amide bonds. The molecule has 1 aromatic heterocycles. The van der Waals surface area contributed by atoms with E-state index in [-0.39, 0.29) is 5.91 Å². The molecule has 124 valence electrons. The number of aromatic nitrogens is 2. The lowest BCUT2D eigenvalue weighted by atomic mass is 10.0. The van der Waals surface area contributed by atoms with Gasteiger partial charge in [-0.05, 0) is 37.0 Å². The third-order valence-electron chi connectivity index (χ3n) is 4.59. The van der Waals surface area contributed by atoms with E-state index in [1.54, 1.807) is 0 Å². The number of nitrogens with one attached hydrogen (secondary N) is 2. The molecule has 4 rings (SSSR count). The topological polar surface area (TPSA) is 76.1 Å². The molecule has 0 saturated carbocycles. The molecule has 1 aromatic carbocycles. The van der Waals surface area contributed by atoms with Gasteiger partial charge in [0.25, 0.3) is 5.91 Å². The number of nitrogens with zero attached hydrogens (tertiary/aromatic N) is 2. The van der Waals surface area contributed by atoms with E-state index in [1.807, 2.05) is 31.3 Å². The van der Waals surface area contributed by atoms with Crippen LogP contribution in [0.4, 0.5) is 5.95 Å². The fourth-order valence-corrected chi connectivity index (χ4v) is 3.19. The van der Waals surface area contributed by atoms with Crippen LogP contribution in [-0.4, -0.2) is 35.1 Å². The van der Waals surface area contributed by atoms with Crippen molar-refractivity contribution >= 4 is 11.9 Å². The van der Waals surface area contributed by atoms with E-state index in [4.69, 9.17) is 9.72 Å². The number of ether oxygens (including phenoxy) is 1. The standard InChI is InChI=1S/C18H20N4O2/c1-11-9-20-18(21-14-4-6-24-7-5-14)22-16(11)12-2-3-13-10-19-17(23)15(13)8-12/h2-3,8-9,14H,4-7,10H2,1H3,(H,19,23)(H,20,21,22). The van der Waals surface area contributed by atoms with Crippen molar-refractivity contribution < 1.29 is 9.53 Å². The van der Waals surface area contributed by atoms with Crippen molar-refractivity contribution in [2.24, 2.45) is 0 Å². The van der Waals surface area contributed by atoms with E-state index >= 15 is 0 Å². The van der Waals surface area contributed by atoms with E-state index < -0.39 is 0 Å². The first kappa shape index (κ1) is 15.1. The second-order valence-corrected chi connectivity index (χ2v) is 6.31. The number of amides is 1. The highest BCUT2D eigenvalue weighted by Gasteiger charge is 2.20. The highest BCUT2D eigenvalue weighted by molar-refractivity contribution is 5.99. The molecule has 0 radical (unpaired) electrons. The van der Waals surface area contributed by atoms with Gasteiger partial charge in [-0.15, -0.1) is 0 Å². The molecular weight excluding hydrogens is 304 g/mol. The van der Waals surface area contributed by atoms with Gasteiger partial charge in [0.1, 0.15) is 0 Å². The minimum atomic E-state index is -0.0147. The van der Waals surface area contributed by atoms with Gasteiger partial charge in [0.15, 0.2) is 0 Å². The number of benzene rings is 1. The van der Waals surface area contributed by atoms with Crippen LogP contribution < -0.4 is 10.6 Å². The summed E-state index contributed by atoms with van der Waals surface area (Å²) in [5, 5.41) is 6.25. The molecule has 2 aliphatic rings. The van der Waals surface area contributed by atoms with Crippen molar-refractivity contribution in [1.29, 1.82) is 0 Å². The van der Waals surface area contributed by atoms with Gasteiger partial charge in [-0.3, -0.25) is 4.79 Å². The lowest BCUT2D eigenvalue weighted by Gasteiger charge is -2.23. The number of carbonyl (C=O) groups excluding carboxylic acids is 1. The van der Waals surface area contributed by atoms with Crippen molar-refractivity contribution in [3.05, 3.63) is 41.1 Å². The van der Waals surface area contributed by atoms with Gasteiger partial charge in [-0.1, -0.05) is 12.1 Å². The Bertz CT molecular complexity index is 785. The summed E-state index contributed by atoms with van der Waals surface area (Å²) in [6, 6.07) is 6.29. The molecule has 0 spiro atoms. The van der Waals surface area contributed by atoms with E-state index in [0.717, 1.165) is 54.0 Å². The van der Waals surface area contributed by atoms with Gasteiger partial charge in [0, 0.05) is 43.1 Å². The zero-order chi connectivity index (χ0) is 16.5. The monoisotopic (exact) mass is 324 g/mol. The summed E-state index contributed by atoms with van der Waals surface area (Å²) >= 11 is 0. The number of hydrogen-bond acceptors (Lipinski definition) is 5. The van der Waals surface area contributed by atoms with E-state index in [9.17, 15) is 4.79 Å². The predicted octanol–water partition coefficient (Wildman–Crippen LogP) is 2.29. The van der Waals surface area contributed by atoms with Gasteiger partial charge in [-0.2, -0.15) is 0 Å². The first-order valence-corrected chi connectivity index (χ1v) is 8.30. The summed E-state index contributed by atoms with van der Waals surface area (Å²) in [5.41, 5.74) is 4.58. The Labute approximate surface area is 140 Å². The summed E-state index contributed by atoms with van der Waals surface area (Å²) in [6.07, 6.45) is 3.76. The summed E-state index contributed by atoms with van der Waals surface area (Å²) in [6.45, 7) is 4.14. The molecule has 0 aliphatic carbocycles. The van der Waals surface area contributed by atoms with Gasteiger partial charge in [0.2, 0.25) is 5.95 Å². The molecule has 2 aromatic rings. The maximum atomic E-state index is 11.9. The maximum Gasteiger partial charge on any atom is 0.251 e. The van der Waals surface area contributed by atoms with Crippen LogP contribution in [0.5, 0.6) is 0 Å². The average molecular weight is 324 g/mol. The zero-order valence-corrected chi connectivity index (χ0v) is 13.6. The fraction of sp³-hybridized carbons (Fsp3) is 0.389. The second-order valence-electron chi connectivity index (χ2n) is 6.31. The summed E-state index contributed by atoms with van der Waals surface area (Å²) in [7, 11) is 0. The van der Waals surface area contributed by atoms with Crippen LogP contribution in [0.1, 0.15) is 34.3 Å². The molecule has 0 bridgehead atoms. The number of rotatable bonds is 3. The third-order valence-corrected chi connectivity index (χ3v) is 4.59. The quantitative estimate of drug-likeness (QED) is 0.906. The minimum Gasteiger partial charge on any atom is -0.381 e. The van der Waals surface area contributed by atoms with Crippen molar-refractivity contribution in [3.63, 3.8) is 0 Å². The SMILES string of the molecule is Cc1cnc(NC2CCOCC2)nc1-c1ccc2c(c1)C(=O)NC2. The highest BCUT2D eigenvalue weighted by atomic mass is 16.5. The Morgan fingerprint density at radius 3 is 2.96 bits per heavy atom. The molecule has 0 unspecified atom stereocenters. The normalized spacial score (nSPS) is 17.5. The van der Waals surface area contributed by atoms with Crippen LogP contribution >= 0.6 is 0 Å². The summed E-state index contributed by atoms with van der Waals surface area (Å²) in [4.78, 5) is 21.0. The lowest BCUT2D eigenvalue weighted by Crippen LogP contribution is -2.28. The molecule has 3 heterocycles. The van der Waals surface area contributed by atoms with Crippen molar-refractivity contribution in [2.45, 2.75) is 32.4 Å². The molecule has 6 nitrogen and oxygen atoms in total. The van der Waals surface area contributed by atoms with Crippen LogP contribution in [0.25, 0.3) is 11.3 Å². The largest absolute Gasteiger partial charge is 0.381 e. The van der Waals surface area contributed by atoms with Crippen LogP contribution in [0.3, 0.4) is 0 Å². The molecule has 1 saturated heterocycles. The number of carbonyl (C=O) groups is 1. The minimum absolute atomic E-state index is 0.0147. The summed E-state index contributed by atoms with van der Waals surface area (Å²) in [5.74, 6) is 0.617. The predicted molar refractivity (Wildman–Crippen MR) is 90.8 cm³/mol. The Kier molecular flexibility index (Phi) is 3.90. The Morgan fingerprint density at radius 2 is 2.12 bits per heavy atom. The molecule has 6 heteroatoms. The maximum absolute atomic E-state index is 11.9. The molecular formula is C18H20N4O2. The van der Waals surface area contributed by atoms with Crippen LogP contribution in [0.15, 0.2) is 24.4 Å². The Balaban J connectivity index is 1.64. The fourth-order valence-electron chi connectivity index (χ4n) is 3.19. The van der Waals surface area contributed by atoms with Crippen molar-refractivity contribution in [2.75, 3.05) is 18.5 Å². The molecule has 2 aliphatic heterocycles. The van der Waals surface area contributed by atoms with Crippen LogP contribution in [-0.2, 0) is 11.3 Å². The van der Waals surface area contributed by atoms with Crippen LogP contribution in [0.2, 0.25) is 0 Å². The number of fused-ring (bicyclic) bond motifs is 1. The van der Waals surface area contributed by atoms with Crippen LogP contribution in [0, 0.1) is 6.92 Å². The molecule has 0 atom stereocenters. The first-order valence-electron chi connectivity index (χ1n) is 8.30. The van der Waals surface area contributed by atoms with Gasteiger partial charge < -0.3 is 15.4 Å². The lowest BCUT2D eigenvalue weighted by molar-refractivity contribution is 0.0903. The highest BCUT2D eigenvalue weighted by Crippen LogP contribution is 2.27. The number of aryl methyl sites for hydroxylation is 1. The molecule has 24 heavy (non-hydrogen) atoms. The molecule has 2 N–H and O–H groups in total. The number of hydrogen-bond donors (Lipinski definition) is 2. The second kappa shape index (κ2) is 6.20. The van der Waals surface area contributed by atoms with Crippen molar-refractivity contribution in [3.8, 4) is 11.3 Å². The third kappa shape index (κ3) is 2.85. The van der Waals surface area contributed by atoms with E-state index in [2.05, 4.69) is 15.6 Å². The zero-order valence-electron chi connectivity index (χ0n) is 13.6. The molecule has 1 fully saturated rings. The van der Waals surface area contributed by atoms with E-state index in [0.29, 0.717) is 18.5 Å². The average Bonchev–Trinajstić information content (AvgIpc) is 2.98. The van der Waals surface area contributed by atoms with Crippen molar-refractivity contribution in [1.82, 2.24) is 15.3 Å². The van der Waals surface area contributed by atoms with Gasteiger partial charge in [0.05, 0.1) is 5.69 Å². The Hall–Kier alpha value is -2.47.